The molecule has 2 amide bonds. The first-order valence-electron chi connectivity index (χ1n) is 8.48. The second-order valence-electron chi connectivity index (χ2n) is 6.31. The highest BCUT2D eigenvalue weighted by molar-refractivity contribution is 7.16. The predicted molar refractivity (Wildman–Crippen MR) is 100.0 cm³/mol. The molecule has 0 saturated heterocycles. The molecule has 2 aromatic heterocycles. The minimum Gasteiger partial charge on any atom is -0.337 e. The van der Waals surface area contributed by atoms with Gasteiger partial charge in [0.1, 0.15) is 0 Å². The molecule has 25 heavy (non-hydrogen) atoms. The number of allylic oxidation sites excluding steroid dienone is 2. The molecule has 3 heterocycles. The van der Waals surface area contributed by atoms with Crippen LogP contribution in [0.1, 0.15) is 39.5 Å². The molecule has 1 atom stereocenters. The van der Waals surface area contributed by atoms with Crippen molar-refractivity contribution in [2.45, 2.75) is 32.2 Å². The Morgan fingerprint density at radius 1 is 1.32 bits per heavy atom. The van der Waals surface area contributed by atoms with Crippen LogP contribution in [-0.4, -0.2) is 28.2 Å². The summed E-state index contributed by atoms with van der Waals surface area (Å²) < 4.78 is 0. The van der Waals surface area contributed by atoms with Crippen molar-refractivity contribution in [3.63, 3.8) is 0 Å². The standard InChI is InChI=1S/C18H19N3O2S2/c22-16(14-7-4-10-24-14)20-18-19-13-8-9-21(11-15(13)25-18)17(23)12-5-2-1-3-6-12/h1-2,4,7,10,12H,3,5-6,8-9,11H2,(H,19,20,22). The molecule has 0 radical (unpaired) electrons. The van der Waals surface area contributed by atoms with Crippen molar-refractivity contribution in [2.75, 3.05) is 11.9 Å². The van der Waals surface area contributed by atoms with E-state index in [0.717, 1.165) is 36.3 Å². The van der Waals surface area contributed by atoms with Gasteiger partial charge in [-0.25, -0.2) is 4.98 Å². The van der Waals surface area contributed by atoms with Gasteiger partial charge in [0.2, 0.25) is 5.91 Å². The average molecular weight is 374 g/mol. The molecule has 0 aromatic carbocycles. The molecule has 4 rings (SSSR count). The van der Waals surface area contributed by atoms with Gasteiger partial charge in [0.05, 0.1) is 17.1 Å². The molecule has 1 N–H and O–H groups in total. The summed E-state index contributed by atoms with van der Waals surface area (Å²) in [5.74, 6) is 0.257. The predicted octanol–water partition coefficient (Wildman–Crippen LogP) is 3.70. The number of hydrogen-bond donors (Lipinski definition) is 1. The van der Waals surface area contributed by atoms with Gasteiger partial charge in [-0.1, -0.05) is 29.6 Å². The average Bonchev–Trinajstić information content (AvgIpc) is 3.30. The third-order valence-electron chi connectivity index (χ3n) is 4.63. The van der Waals surface area contributed by atoms with E-state index in [1.165, 1.54) is 22.7 Å². The van der Waals surface area contributed by atoms with Crippen molar-refractivity contribution in [3.8, 4) is 0 Å². The highest BCUT2D eigenvalue weighted by Crippen LogP contribution is 2.30. The number of amides is 2. The summed E-state index contributed by atoms with van der Waals surface area (Å²) in [5, 5.41) is 5.38. The van der Waals surface area contributed by atoms with Crippen LogP contribution >= 0.6 is 22.7 Å². The van der Waals surface area contributed by atoms with Crippen molar-refractivity contribution in [1.29, 1.82) is 0 Å². The molecular weight excluding hydrogens is 354 g/mol. The molecule has 0 fully saturated rings. The molecule has 1 unspecified atom stereocenters. The molecule has 7 heteroatoms. The van der Waals surface area contributed by atoms with Crippen LogP contribution in [0.2, 0.25) is 0 Å². The van der Waals surface area contributed by atoms with Crippen LogP contribution in [0.4, 0.5) is 5.13 Å². The number of thiophene rings is 1. The maximum absolute atomic E-state index is 12.7. The van der Waals surface area contributed by atoms with Crippen LogP contribution < -0.4 is 5.32 Å². The highest BCUT2D eigenvalue weighted by Gasteiger charge is 2.29. The number of rotatable bonds is 3. The first kappa shape index (κ1) is 16.5. The van der Waals surface area contributed by atoms with Crippen molar-refractivity contribution in [2.24, 2.45) is 5.92 Å². The van der Waals surface area contributed by atoms with Crippen molar-refractivity contribution < 1.29 is 9.59 Å². The second kappa shape index (κ2) is 7.09. The fourth-order valence-corrected chi connectivity index (χ4v) is 4.92. The van der Waals surface area contributed by atoms with E-state index in [0.29, 0.717) is 23.1 Å². The zero-order valence-corrected chi connectivity index (χ0v) is 15.4. The van der Waals surface area contributed by atoms with Gasteiger partial charge in [-0.15, -0.1) is 11.3 Å². The summed E-state index contributed by atoms with van der Waals surface area (Å²) in [7, 11) is 0. The van der Waals surface area contributed by atoms with E-state index in [4.69, 9.17) is 0 Å². The molecule has 5 nitrogen and oxygen atoms in total. The Hall–Kier alpha value is -1.99. The van der Waals surface area contributed by atoms with Crippen LogP contribution in [-0.2, 0) is 17.8 Å². The molecule has 130 valence electrons. The Labute approximate surface area is 154 Å². The summed E-state index contributed by atoms with van der Waals surface area (Å²) in [6.07, 6.45) is 7.83. The Morgan fingerprint density at radius 2 is 2.24 bits per heavy atom. The van der Waals surface area contributed by atoms with Crippen LogP contribution in [0.5, 0.6) is 0 Å². The van der Waals surface area contributed by atoms with E-state index >= 15 is 0 Å². The molecule has 2 aromatic rings. The molecule has 0 bridgehead atoms. The number of nitrogens with zero attached hydrogens (tertiary/aromatic N) is 2. The monoisotopic (exact) mass is 373 g/mol. The molecular formula is C18H19N3O2S2. The quantitative estimate of drug-likeness (QED) is 0.835. The SMILES string of the molecule is O=C(Nc1nc2c(s1)CN(C(=O)C1CC=CCC1)CC2)c1cccs1. The van der Waals surface area contributed by atoms with Gasteiger partial charge in [-0.2, -0.15) is 0 Å². The number of hydrogen-bond acceptors (Lipinski definition) is 5. The second-order valence-corrected chi connectivity index (χ2v) is 8.34. The number of nitrogens with one attached hydrogen (secondary N) is 1. The zero-order chi connectivity index (χ0) is 17.2. The van der Waals surface area contributed by atoms with Gasteiger partial charge in [0.25, 0.3) is 5.91 Å². The Balaban J connectivity index is 1.43. The molecule has 0 saturated carbocycles. The fraction of sp³-hybridized carbons (Fsp3) is 0.389. The van der Waals surface area contributed by atoms with E-state index in [1.54, 1.807) is 6.07 Å². The summed E-state index contributed by atoms with van der Waals surface area (Å²) in [5.41, 5.74) is 1.01. The molecule has 0 spiro atoms. The summed E-state index contributed by atoms with van der Waals surface area (Å²) >= 11 is 2.89. The van der Waals surface area contributed by atoms with E-state index in [-0.39, 0.29) is 17.7 Å². The highest BCUT2D eigenvalue weighted by atomic mass is 32.1. The Bertz CT molecular complexity index is 810. The number of thiazole rings is 1. The lowest BCUT2D eigenvalue weighted by Gasteiger charge is -2.30. The van der Waals surface area contributed by atoms with Gasteiger partial charge >= 0.3 is 0 Å². The molecule has 2 aliphatic rings. The molecule has 1 aliphatic carbocycles. The van der Waals surface area contributed by atoms with E-state index in [1.807, 2.05) is 16.3 Å². The van der Waals surface area contributed by atoms with Crippen LogP contribution in [0.3, 0.4) is 0 Å². The number of carbonyl (C=O) groups excluding carboxylic acids is 2. The van der Waals surface area contributed by atoms with Gasteiger partial charge in [0.15, 0.2) is 5.13 Å². The summed E-state index contributed by atoms with van der Waals surface area (Å²) in [4.78, 5) is 33.1. The number of fused-ring (bicyclic) bond motifs is 1. The lowest BCUT2D eigenvalue weighted by atomic mass is 9.92. The minimum atomic E-state index is -0.122. The van der Waals surface area contributed by atoms with Crippen molar-refractivity contribution in [1.82, 2.24) is 9.88 Å². The van der Waals surface area contributed by atoms with Crippen LogP contribution in [0, 0.1) is 5.92 Å². The lowest BCUT2D eigenvalue weighted by molar-refractivity contribution is -0.136. The van der Waals surface area contributed by atoms with Crippen molar-refractivity contribution in [3.05, 3.63) is 45.1 Å². The van der Waals surface area contributed by atoms with E-state index in [9.17, 15) is 9.59 Å². The molecule has 1 aliphatic heterocycles. The smallest absolute Gasteiger partial charge is 0.267 e. The largest absolute Gasteiger partial charge is 0.337 e. The number of aromatic nitrogens is 1. The van der Waals surface area contributed by atoms with Gasteiger partial charge < -0.3 is 4.90 Å². The number of anilines is 1. The third kappa shape index (κ3) is 3.52. The topological polar surface area (TPSA) is 62.3 Å². The minimum absolute atomic E-state index is 0.122. The van der Waals surface area contributed by atoms with Crippen LogP contribution in [0.15, 0.2) is 29.7 Å². The van der Waals surface area contributed by atoms with Crippen LogP contribution in [0.25, 0.3) is 0 Å². The van der Waals surface area contributed by atoms with E-state index in [2.05, 4.69) is 22.5 Å². The van der Waals surface area contributed by atoms with Gasteiger partial charge in [0, 0.05) is 23.8 Å². The Kier molecular flexibility index (Phi) is 4.67. The van der Waals surface area contributed by atoms with Crippen molar-refractivity contribution >= 4 is 39.6 Å². The van der Waals surface area contributed by atoms with Gasteiger partial charge in [-0.3, -0.25) is 14.9 Å². The maximum atomic E-state index is 12.7. The maximum Gasteiger partial charge on any atom is 0.267 e. The van der Waals surface area contributed by atoms with E-state index < -0.39 is 0 Å². The zero-order valence-electron chi connectivity index (χ0n) is 13.7. The number of carbonyl (C=O) groups is 2. The first-order valence-corrected chi connectivity index (χ1v) is 10.2. The fourth-order valence-electron chi connectivity index (χ4n) is 3.28. The Morgan fingerprint density at radius 3 is 3.00 bits per heavy atom. The summed E-state index contributed by atoms with van der Waals surface area (Å²) in [6, 6.07) is 3.66. The lowest BCUT2D eigenvalue weighted by Crippen LogP contribution is -2.39. The summed E-state index contributed by atoms with van der Waals surface area (Å²) in [6.45, 7) is 1.33. The third-order valence-corrected chi connectivity index (χ3v) is 6.49. The normalized spacial score (nSPS) is 19.5. The first-order chi connectivity index (χ1) is 12.2. The van der Waals surface area contributed by atoms with Gasteiger partial charge in [-0.05, 0) is 30.7 Å².